The molecule has 17 nitrogen and oxygen atoms in total. The number of carbonyl (C=O) groups is 5. The van der Waals surface area contributed by atoms with Gasteiger partial charge in [0.05, 0.1) is 18.3 Å². The predicted molar refractivity (Wildman–Crippen MR) is 255 cm³/mol. The molecule has 17 heteroatoms. The van der Waals surface area contributed by atoms with Crippen molar-refractivity contribution >= 4 is 29.2 Å². The molecule has 0 aromatic heterocycles. The van der Waals surface area contributed by atoms with Gasteiger partial charge in [-0.15, -0.1) is 4.70 Å². The first kappa shape index (κ1) is 55.8. The third-order valence-corrected chi connectivity index (χ3v) is 15.3. The molecule has 15 atom stereocenters. The van der Waals surface area contributed by atoms with E-state index in [1.165, 1.54) is 12.0 Å². The average Bonchev–Trinajstić information content (AvgIpc) is 3.88. The van der Waals surface area contributed by atoms with Crippen LogP contribution in [0.25, 0.3) is 0 Å². The molecule has 69 heavy (non-hydrogen) atoms. The SMILES string of the molecule is CO[C@H]1C[C@@H]2CC[C@@H](C)[C@@](O)(O2)C(=O)C(=O)N2CCCCC2C(=O)O[C@H]([C@H](C)C[C@@H]2CC[C@@H]([N+]3=NN=NC3)[C@H](OC)C2)CC(=O)[C@H](C)/C=C(\C)[C@@H](O)[C@@H](OC)C(=O)[C@@H](C)C[C@H](C)/C=C/C=C/C=C/1C. The van der Waals surface area contributed by atoms with E-state index in [0.717, 1.165) is 18.4 Å². The summed E-state index contributed by atoms with van der Waals surface area (Å²) >= 11 is 0. The zero-order valence-corrected chi connectivity index (χ0v) is 42.7. The first-order chi connectivity index (χ1) is 32.8. The lowest BCUT2D eigenvalue weighted by Gasteiger charge is -2.42. The molecule has 0 spiro atoms. The molecule has 5 rings (SSSR count). The van der Waals surface area contributed by atoms with Crippen LogP contribution >= 0.6 is 0 Å². The van der Waals surface area contributed by atoms with Crippen molar-refractivity contribution in [2.75, 3.05) is 34.5 Å². The van der Waals surface area contributed by atoms with Crippen molar-refractivity contribution in [3.8, 4) is 0 Å². The van der Waals surface area contributed by atoms with Crippen molar-refractivity contribution < 1.29 is 62.6 Å². The Morgan fingerprint density at radius 1 is 0.899 bits per heavy atom. The summed E-state index contributed by atoms with van der Waals surface area (Å²) < 4.78 is 31.7. The molecule has 384 valence electrons. The number of Topliss-reactive ketones (excluding diaryl/α,β-unsaturated/α-hetero) is 3. The Morgan fingerprint density at radius 3 is 2.33 bits per heavy atom. The maximum Gasteiger partial charge on any atom is 0.329 e. The van der Waals surface area contributed by atoms with E-state index in [0.29, 0.717) is 63.6 Å². The number of piperidine rings is 1. The molecule has 4 heterocycles. The highest BCUT2D eigenvalue weighted by Crippen LogP contribution is 2.38. The molecule has 0 aromatic rings. The van der Waals surface area contributed by atoms with Crippen LogP contribution in [-0.4, -0.2) is 138 Å². The molecule has 0 aromatic carbocycles. The van der Waals surface area contributed by atoms with Crippen LogP contribution in [0.15, 0.2) is 63.2 Å². The summed E-state index contributed by atoms with van der Waals surface area (Å²) in [4.78, 5) is 72.3. The minimum absolute atomic E-state index is 0.00382. The van der Waals surface area contributed by atoms with E-state index in [1.54, 1.807) is 41.1 Å². The first-order valence-corrected chi connectivity index (χ1v) is 25.2. The van der Waals surface area contributed by atoms with Crippen molar-refractivity contribution in [1.29, 1.82) is 0 Å². The lowest BCUT2D eigenvalue weighted by atomic mass is 9.77. The Bertz CT molecular complexity index is 2000. The highest BCUT2D eigenvalue weighted by atomic mass is 16.6. The van der Waals surface area contributed by atoms with Gasteiger partial charge in [-0.2, -0.15) is 0 Å². The second kappa shape index (κ2) is 25.8. The Labute approximate surface area is 408 Å². The molecule has 1 amide bonds. The number of amides is 1. The van der Waals surface area contributed by atoms with Gasteiger partial charge in [-0.25, -0.2) is 4.79 Å². The molecule has 4 aliphatic heterocycles. The zero-order valence-electron chi connectivity index (χ0n) is 42.7. The number of nitrogens with zero attached hydrogens (tertiary/aromatic N) is 5. The maximum absolute atomic E-state index is 14.5. The highest BCUT2D eigenvalue weighted by Gasteiger charge is 2.53. The summed E-state index contributed by atoms with van der Waals surface area (Å²) in [7, 11) is 4.64. The second-order valence-electron chi connectivity index (χ2n) is 20.5. The van der Waals surface area contributed by atoms with Crippen LogP contribution < -0.4 is 0 Å². The monoisotopic (exact) mass is 967 g/mol. The summed E-state index contributed by atoms with van der Waals surface area (Å²) in [6.45, 7) is 13.2. The summed E-state index contributed by atoms with van der Waals surface area (Å²) in [6.07, 6.45) is 12.5. The van der Waals surface area contributed by atoms with Crippen LogP contribution in [0.2, 0.25) is 0 Å². The minimum atomic E-state index is -2.43. The third kappa shape index (κ3) is 14.3. The zero-order chi connectivity index (χ0) is 50.6. The van der Waals surface area contributed by atoms with E-state index in [-0.39, 0.29) is 60.9 Å². The lowest BCUT2D eigenvalue weighted by molar-refractivity contribution is -0.631. The number of methoxy groups -OCH3 is 3. The number of cyclic esters (lactones) is 1. The number of fused-ring (bicyclic) bond motifs is 3. The Kier molecular flexibility index (Phi) is 20.9. The highest BCUT2D eigenvalue weighted by molar-refractivity contribution is 6.39. The van der Waals surface area contributed by atoms with Crippen LogP contribution in [0.3, 0.4) is 0 Å². The molecule has 2 N–H and O–H groups in total. The maximum atomic E-state index is 14.5. The van der Waals surface area contributed by atoms with Crippen molar-refractivity contribution in [1.82, 2.24) is 4.90 Å². The van der Waals surface area contributed by atoms with Crippen LogP contribution in [0.4, 0.5) is 0 Å². The number of aliphatic hydroxyl groups excluding tert-OH is 1. The number of rotatable bonds is 7. The summed E-state index contributed by atoms with van der Waals surface area (Å²) in [5.74, 6) is -7.87. The van der Waals surface area contributed by atoms with Crippen molar-refractivity contribution in [3.63, 3.8) is 0 Å². The second-order valence-corrected chi connectivity index (χ2v) is 20.5. The Morgan fingerprint density at radius 2 is 1.65 bits per heavy atom. The quantitative estimate of drug-likeness (QED) is 0.114. The van der Waals surface area contributed by atoms with Gasteiger partial charge in [0, 0.05) is 58.5 Å². The van der Waals surface area contributed by atoms with Gasteiger partial charge in [0.1, 0.15) is 36.2 Å². The molecule has 1 saturated carbocycles. The molecule has 2 saturated heterocycles. The van der Waals surface area contributed by atoms with E-state index < -0.39 is 77.8 Å². The van der Waals surface area contributed by atoms with Gasteiger partial charge in [0.25, 0.3) is 11.7 Å². The van der Waals surface area contributed by atoms with E-state index in [1.807, 2.05) is 62.8 Å². The van der Waals surface area contributed by atoms with Gasteiger partial charge in [0.15, 0.2) is 11.0 Å². The van der Waals surface area contributed by atoms with Gasteiger partial charge in [-0.1, -0.05) is 71.1 Å². The number of ether oxygens (including phenoxy) is 5. The van der Waals surface area contributed by atoms with Crippen LogP contribution in [-0.2, 0) is 47.7 Å². The fourth-order valence-electron chi connectivity index (χ4n) is 10.8. The van der Waals surface area contributed by atoms with Gasteiger partial charge >= 0.3 is 5.97 Å². The average molecular weight is 967 g/mol. The number of carbonyl (C=O) groups excluding carboxylic acids is 5. The van der Waals surface area contributed by atoms with E-state index in [9.17, 15) is 34.2 Å². The van der Waals surface area contributed by atoms with Crippen molar-refractivity contribution in [2.45, 2.75) is 180 Å². The van der Waals surface area contributed by atoms with E-state index in [4.69, 9.17) is 23.7 Å². The molecule has 5 aliphatic rings. The van der Waals surface area contributed by atoms with Crippen molar-refractivity contribution in [3.05, 3.63) is 47.6 Å². The summed E-state index contributed by atoms with van der Waals surface area (Å²) in [6, 6.07) is -1.14. The van der Waals surface area contributed by atoms with Crippen LogP contribution in [0, 0.1) is 35.5 Å². The fourth-order valence-corrected chi connectivity index (χ4v) is 10.8. The number of hydrogen-bond donors (Lipinski definition) is 2. The van der Waals surface area contributed by atoms with Gasteiger partial charge < -0.3 is 38.8 Å². The Hall–Kier alpha value is -4.13. The predicted octanol–water partition coefficient (Wildman–Crippen LogP) is 6.99. The minimum Gasteiger partial charge on any atom is -0.460 e. The molecule has 1 unspecified atom stereocenters. The van der Waals surface area contributed by atoms with Crippen LogP contribution in [0.5, 0.6) is 0 Å². The topological polar surface area (TPSA) is 215 Å². The number of allylic oxidation sites excluding steroid dienone is 6. The first-order valence-electron chi connectivity index (χ1n) is 25.2. The molecule has 3 fully saturated rings. The lowest BCUT2D eigenvalue weighted by Crippen LogP contribution is -2.61. The van der Waals surface area contributed by atoms with Gasteiger partial charge in [0.2, 0.25) is 17.7 Å². The Balaban J connectivity index is 1.46. The van der Waals surface area contributed by atoms with Gasteiger partial charge in [-0.3, -0.25) is 19.2 Å². The normalized spacial score (nSPS) is 39.6. The molecular weight excluding hydrogens is 887 g/mol. The number of aliphatic hydroxyl groups is 2. The molecule has 0 radical (unpaired) electrons. The molecule has 2 bridgehead atoms. The largest absolute Gasteiger partial charge is 0.460 e. The summed E-state index contributed by atoms with van der Waals surface area (Å²) in [5, 5.41) is 35.4. The van der Waals surface area contributed by atoms with E-state index in [2.05, 4.69) is 15.6 Å². The van der Waals surface area contributed by atoms with Crippen molar-refractivity contribution in [2.24, 2.45) is 51.1 Å². The fraction of sp³-hybridized carbons (Fsp3) is 0.750. The molecule has 1 aliphatic carbocycles. The van der Waals surface area contributed by atoms with Crippen LogP contribution in [0.1, 0.15) is 126 Å². The number of hydrogen-bond acceptors (Lipinski definition) is 15. The molecular formula is C52H80N5O12+. The standard InChI is InChI=1S/C52H80N5O12/c1-31-16-12-11-13-17-32(2)43(65-8)28-39-21-19-37(7)52(64,69-39)49(61)50(62)56-23-15-14-18-41(56)51(63)68-44(34(4)26-38-20-22-40(45(27-38)66-9)57-30-53-54-55-57)29-42(58)33(3)25-36(6)47(60)48(67-10)46(59)35(5)24-31/h11-13,16-17,25,31,33-35,37-41,43-45,47-48,60,64H,14-15,18-24,26-30H2,1-10H3/q+1/b13-11+,16-12+,32-17+,36-25+/t31-,33-,34-,35+,37-,38+,39+,40-,41?,43+,44+,45-,47-,48+,52-/m1/s1. The summed E-state index contributed by atoms with van der Waals surface area (Å²) in [5.41, 5.74) is 1.27. The smallest absolute Gasteiger partial charge is 0.329 e. The number of ketones is 3. The third-order valence-electron chi connectivity index (χ3n) is 15.3. The van der Waals surface area contributed by atoms with Gasteiger partial charge in [-0.05, 0) is 112 Å². The number of esters is 1. The van der Waals surface area contributed by atoms with E-state index >= 15 is 0 Å².